The molecular weight excluding hydrogens is 458 g/mol. The van der Waals surface area contributed by atoms with Gasteiger partial charge in [0.05, 0.1) is 18.9 Å². The standard InChI is InChI=1S/C25H24ClN3O3S/c1-31-20-7-4-18(5-8-20)25-29-22(16-33-25)17-2-9-21(10-3-17)32-13-12-27-15-23(30)19-6-11-24(26)28-14-19/h2-11,14,16,23,27,30H,12-13,15H2,1H3/t23-/m0/s1. The number of methoxy groups -OCH3 is 1. The lowest BCUT2D eigenvalue weighted by atomic mass is 10.1. The van der Waals surface area contributed by atoms with Gasteiger partial charge < -0.3 is 19.9 Å². The second-order valence-corrected chi connectivity index (χ2v) is 8.52. The van der Waals surface area contributed by atoms with Crippen LogP contribution in [0.1, 0.15) is 11.7 Å². The number of aliphatic hydroxyl groups excluding tert-OH is 1. The van der Waals surface area contributed by atoms with Gasteiger partial charge in [-0.15, -0.1) is 11.3 Å². The van der Waals surface area contributed by atoms with Crippen LogP contribution in [-0.2, 0) is 0 Å². The van der Waals surface area contributed by atoms with Crippen molar-refractivity contribution >= 4 is 22.9 Å². The first-order valence-corrected chi connectivity index (χ1v) is 11.7. The first-order valence-electron chi connectivity index (χ1n) is 10.5. The predicted octanol–water partition coefficient (Wildman–Crippen LogP) is 5.24. The smallest absolute Gasteiger partial charge is 0.129 e. The number of halogens is 1. The highest BCUT2D eigenvalue weighted by Crippen LogP contribution is 2.30. The van der Waals surface area contributed by atoms with E-state index >= 15 is 0 Å². The molecule has 4 rings (SSSR count). The highest BCUT2D eigenvalue weighted by molar-refractivity contribution is 7.13. The van der Waals surface area contributed by atoms with E-state index in [1.165, 1.54) is 0 Å². The third kappa shape index (κ3) is 6.30. The number of rotatable bonds is 10. The van der Waals surface area contributed by atoms with Crippen molar-refractivity contribution in [1.29, 1.82) is 0 Å². The lowest BCUT2D eigenvalue weighted by molar-refractivity contribution is 0.171. The van der Waals surface area contributed by atoms with Crippen LogP contribution in [0.2, 0.25) is 5.15 Å². The predicted molar refractivity (Wildman–Crippen MR) is 132 cm³/mol. The molecule has 0 saturated heterocycles. The van der Waals surface area contributed by atoms with Crippen LogP contribution in [0, 0.1) is 0 Å². The van der Waals surface area contributed by atoms with Gasteiger partial charge in [0.2, 0.25) is 0 Å². The fourth-order valence-electron chi connectivity index (χ4n) is 3.18. The van der Waals surface area contributed by atoms with Gasteiger partial charge in [0, 0.05) is 41.4 Å². The molecular formula is C25H24ClN3O3S. The molecule has 0 fully saturated rings. The molecule has 33 heavy (non-hydrogen) atoms. The first kappa shape index (κ1) is 23.2. The Morgan fingerprint density at radius 3 is 2.42 bits per heavy atom. The van der Waals surface area contributed by atoms with Crippen LogP contribution in [0.15, 0.2) is 72.2 Å². The van der Waals surface area contributed by atoms with E-state index in [9.17, 15) is 5.11 Å². The van der Waals surface area contributed by atoms with Crippen LogP contribution in [-0.4, -0.2) is 41.9 Å². The Morgan fingerprint density at radius 1 is 1.00 bits per heavy atom. The zero-order valence-corrected chi connectivity index (χ0v) is 19.6. The van der Waals surface area contributed by atoms with E-state index in [2.05, 4.69) is 15.7 Å². The summed E-state index contributed by atoms with van der Waals surface area (Å²) in [7, 11) is 1.66. The normalized spacial score (nSPS) is 11.8. The second kappa shape index (κ2) is 11.2. The summed E-state index contributed by atoms with van der Waals surface area (Å²) in [5, 5.41) is 16.8. The Labute approximate surface area is 201 Å². The summed E-state index contributed by atoms with van der Waals surface area (Å²) in [6.45, 7) is 1.51. The lowest BCUT2D eigenvalue weighted by Crippen LogP contribution is -2.26. The number of ether oxygens (including phenoxy) is 2. The molecule has 6 nitrogen and oxygen atoms in total. The average Bonchev–Trinajstić information content (AvgIpc) is 3.35. The Kier molecular flexibility index (Phi) is 7.91. The molecule has 1 atom stereocenters. The minimum absolute atomic E-state index is 0.408. The van der Waals surface area contributed by atoms with Gasteiger partial charge in [-0.25, -0.2) is 9.97 Å². The number of benzene rings is 2. The van der Waals surface area contributed by atoms with Gasteiger partial charge in [-0.05, 0) is 54.6 Å². The molecule has 0 aliphatic heterocycles. The van der Waals surface area contributed by atoms with Crippen molar-refractivity contribution in [3.8, 4) is 33.3 Å². The van der Waals surface area contributed by atoms with Crippen LogP contribution >= 0.6 is 22.9 Å². The third-order valence-electron chi connectivity index (χ3n) is 5.01. The number of nitrogens with one attached hydrogen (secondary N) is 1. The Hall–Kier alpha value is -2.97. The van der Waals surface area contributed by atoms with Crippen LogP contribution in [0.3, 0.4) is 0 Å². The van der Waals surface area contributed by atoms with Gasteiger partial charge in [0.1, 0.15) is 28.3 Å². The third-order valence-corrected chi connectivity index (χ3v) is 6.13. The van der Waals surface area contributed by atoms with Crippen molar-refractivity contribution in [2.75, 3.05) is 26.8 Å². The van der Waals surface area contributed by atoms with E-state index in [1.807, 2.05) is 48.5 Å². The van der Waals surface area contributed by atoms with Crippen molar-refractivity contribution < 1.29 is 14.6 Å². The van der Waals surface area contributed by atoms with Gasteiger partial charge in [0.25, 0.3) is 0 Å². The summed E-state index contributed by atoms with van der Waals surface area (Å²) >= 11 is 7.38. The number of aromatic nitrogens is 2. The summed E-state index contributed by atoms with van der Waals surface area (Å²) in [5.41, 5.74) is 3.76. The molecule has 0 aliphatic rings. The Morgan fingerprint density at radius 2 is 1.73 bits per heavy atom. The van der Waals surface area contributed by atoms with E-state index in [1.54, 1.807) is 36.8 Å². The molecule has 0 saturated carbocycles. The maximum Gasteiger partial charge on any atom is 0.129 e. The number of nitrogens with zero attached hydrogens (tertiary/aromatic N) is 2. The van der Waals surface area contributed by atoms with Crippen molar-refractivity contribution in [2.45, 2.75) is 6.10 Å². The molecule has 2 heterocycles. The largest absolute Gasteiger partial charge is 0.497 e. The maximum atomic E-state index is 10.2. The van der Waals surface area contributed by atoms with Crippen molar-refractivity contribution in [1.82, 2.24) is 15.3 Å². The molecule has 0 bridgehead atoms. The molecule has 0 amide bonds. The fourth-order valence-corrected chi connectivity index (χ4v) is 4.12. The highest BCUT2D eigenvalue weighted by Gasteiger charge is 2.09. The monoisotopic (exact) mass is 481 g/mol. The summed E-state index contributed by atoms with van der Waals surface area (Å²) in [6.07, 6.45) is 0.935. The quantitative estimate of drug-likeness (QED) is 0.238. The minimum atomic E-state index is -0.644. The molecule has 0 spiro atoms. The number of pyridine rings is 1. The molecule has 0 unspecified atom stereocenters. The molecule has 2 aromatic carbocycles. The average molecular weight is 482 g/mol. The zero-order chi connectivity index (χ0) is 23.0. The van der Waals surface area contributed by atoms with E-state index in [0.29, 0.717) is 24.8 Å². The second-order valence-electron chi connectivity index (χ2n) is 7.27. The van der Waals surface area contributed by atoms with Crippen LogP contribution in [0.5, 0.6) is 11.5 Å². The molecule has 170 valence electrons. The van der Waals surface area contributed by atoms with Crippen molar-refractivity contribution in [3.05, 3.63) is 83.0 Å². The van der Waals surface area contributed by atoms with E-state index in [0.717, 1.165) is 38.9 Å². The Bertz CT molecular complexity index is 1150. The molecule has 0 radical (unpaired) electrons. The minimum Gasteiger partial charge on any atom is -0.497 e. The highest BCUT2D eigenvalue weighted by atomic mass is 35.5. The summed E-state index contributed by atoms with van der Waals surface area (Å²) < 4.78 is 11.0. The topological polar surface area (TPSA) is 76.5 Å². The summed E-state index contributed by atoms with van der Waals surface area (Å²) in [4.78, 5) is 8.74. The number of hydrogen-bond donors (Lipinski definition) is 2. The van der Waals surface area contributed by atoms with Gasteiger partial charge in [-0.3, -0.25) is 0 Å². The van der Waals surface area contributed by atoms with Gasteiger partial charge in [0.15, 0.2) is 0 Å². The van der Waals surface area contributed by atoms with Crippen LogP contribution < -0.4 is 14.8 Å². The molecule has 8 heteroatoms. The van der Waals surface area contributed by atoms with Gasteiger partial charge in [-0.2, -0.15) is 0 Å². The molecule has 2 aromatic heterocycles. The zero-order valence-electron chi connectivity index (χ0n) is 18.1. The first-order chi connectivity index (χ1) is 16.1. The van der Waals surface area contributed by atoms with Gasteiger partial charge >= 0.3 is 0 Å². The Balaban J connectivity index is 1.24. The van der Waals surface area contributed by atoms with E-state index in [-0.39, 0.29) is 0 Å². The van der Waals surface area contributed by atoms with E-state index < -0.39 is 6.10 Å². The number of aliphatic hydroxyl groups is 1. The van der Waals surface area contributed by atoms with E-state index in [4.69, 9.17) is 26.1 Å². The molecule has 0 aliphatic carbocycles. The molecule has 2 N–H and O–H groups in total. The van der Waals surface area contributed by atoms with Crippen molar-refractivity contribution in [2.24, 2.45) is 0 Å². The lowest BCUT2D eigenvalue weighted by Gasteiger charge is -2.12. The van der Waals surface area contributed by atoms with Crippen LogP contribution in [0.25, 0.3) is 21.8 Å². The van der Waals surface area contributed by atoms with Gasteiger partial charge in [-0.1, -0.05) is 17.7 Å². The maximum absolute atomic E-state index is 10.2. The fraction of sp³-hybridized carbons (Fsp3) is 0.200. The molecule has 4 aromatic rings. The SMILES string of the molecule is COc1ccc(-c2nc(-c3ccc(OCCNC[C@H](O)c4ccc(Cl)nc4)cc3)cs2)cc1. The summed E-state index contributed by atoms with van der Waals surface area (Å²) in [6, 6.07) is 19.2. The summed E-state index contributed by atoms with van der Waals surface area (Å²) in [5.74, 6) is 1.62. The van der Waals surface area contributed by atoms with Crippen molar-refractivity contribution in [3.63, 3.8) is 0 Å². The van der Waals surface area contributed by atoms with Crippen LogP contribution in [0.4, 0.5) is 0 Å². The number of hydrogen-bond acceptors (Lipinski definition) is 7. The number of thiazole rings is 1.